The minimum Gasteiger partial charge on any atom is -0.493 e. The Morgan fingerprint density at radius 1 is 1.04 bits per heavy atom. The maximum Gasteiger partial charge on any atom is 0.329 e. The Labute approximate surface area is 134 Å². The topological polar surface area (TPSA) is 98.2 Å². The SMILES string of the molecule is COc1cc(C=NNC(=O)C(=O)NC(C)C)cc(OC)c1OC. The zero-order valence-electron chi connectivity index (χ0n) is 13.8. The van der Waals surface area contributed by atoms with Gasteiger partial charge in [0.15, 0.2) is 11.5 Å². The predicted octanol–water partition coefficient (Wildman–Crippen LogP) is 0.687. The van der Waals surface area contributed by atoms with E-state index >= 15 is 0 Å². The fourth-order valence-corrected chi connectivity index (χ4v) is 1.72. The molecule has 1 aromatic carbocycles. The number of ether oxygens (including phenoxy) is 3. The molecule has 1 aromatic rings. The van der Waals surface area contributed by atoms with E-state index in [0.717, 1.165) is 0 Å². The Balaban J connectivity index is 2.84. The molecule has 0 heterocycles. The van der Waals surface area contributed by atoms with Gasteiger partial charge in [0.1, 0.15) is 0 Å². The van der Waals surface area contributed by atoms with Crippen molar-refractivity contribution in [1.29, 1.82) is 0 Å². The molecule has 0 fully saturated rings. The molecule has 0 aliphatic rings. The number of rotatable bonds is 6. The van der Waals surface area contributed by atoms with E-state index in [1.165, 1.54) is 27.5 Å². The monoisotopic (exact) mass is 323 g/mol. The molecule has 2 amide bonds. The molecule has 1 rings (SSSR count). The number of methoxy groups -OCH3 is 3. The average Bonchev–Trinajstić information content (AvgIpc) is 2.52. The quantitative estimate of drug-likeness (QED) is 0.456. The van der Waals surface area contributed by atoms with Crippen molar-refractivity contribution in [1.82, 2.24) is 10.7 Å². The van der Waals surface area contributed by atoms with Gasteiger partial charge in [0.25, 0.3) is 0 Å². The number of nitrogens with one attached hydrogen (secondary N) is 2. The smallest absolute Gasteiger partial charge is 0.329 e. The summed E-state index contributed by atoms with van der Waals surface area (Å²) < 4.78 is 15.6. The Bertz CT molecular complexity index is 574. The first-order chi connectivity index (χ1) is 10.9. The molecule has 0 aromatic heterocycles. The summed E-state index contributed by atoms with van der Waals surface area (Å²) in [5.41, 5.74) is 2.75. The average molecular weight is 323 g/mol. The summed E-state index contributed by atoms with van der Waals surface area (Å²) in [6, 6.07) is 3.18. The fourth-order valence-electron chi connectivity index (χ4n) is 1.72. The lowest BCUT2D eigenvalue weighted by Crippen LogP contribution is -2.41. The highest BCUT2D eigenvalue weighted by atomic mass is 16.5. The van der Waals surface area contributed by atoms with Gasteiger partial charge in [-0.2, -0.15) is 5.10 Å². The van der Waals surface area contributed by atoms with E-state index in [-0.39, 0.29) is 6.04 Å². The van der Waals surface area contributed by atoms with Crippen LogP contribution in [-0.4, -0.2) is 45.4 Å². The first kappa shape index (κ1) is 18.3. The van der Waals surface area contributed by atoms with Gasteiger partial charge in [-0.3, -0.25) is 9.59 Å². The van der Waals surface area contributed by atoms with Crippen molar-refractivity contribution in [2.75, 3.05) is 21.3 Å². The summed E-state index contributed by atoms with van der Waals surface area (Å²) in [7, 11) is 4.49. The van der Waals surface area contributed by atoms with Gasteiger partial charge in [0.05, 0.1) is 27.5 Å². The van der Waals surface area contributed by atoms with Gasteiger partial charge in [-0.1, -0.05) is 0 Å². The lowest BCUT2D eigenvalue weighted by Gasteiger charge is -2.12. The summed E-state index contributed by atoms with van der Waals surface area (Å²) >= 11 is 0. The molecule has 8 nitrogen and oxygen atoms in total. The van der Waals surface area contributed by atoms with E-state index in [2.05, 4.69) is 15.8 Å². The van der Waals surface area contributed by atoms with Crippen LogP contribution in [0.5, 0.6) is 17.2 Å². The van der Waals surface area contributed by atoms with Crippen molar-refractivity contribution < 1.29 is 23.8 Å². The molecule has 2 N–H and O–H groups in total. The number of carbonyl (C=O) groups is 2. The zero-order valence-corrected chi connectivity index (χ0v) is 13.8. The van der Waals surface area contributed by atoms with Crippen LogP contribution < -0.4 is 25.0 Å². The molecule has 23 heavy (non-hydrogen) atoms. The minimum atomic E-state index is -0.845. The van der Waals surface area contributed by atoms with E-state index in [1.54, 1.807) is 26.0 Å². The lowest BCUT2D eigenvalue weighted by molar-refractivity contribution is -0.139. The molecular weight excluding hydrogens is 302 g/mol. The molecule has 0 bridgehead atoms. The van der Waals surface area contributed by atoms with Crippen LogP contribution in [0.1, 0.15) is 19.4 Å². The zero-order chi connectivity index (χ0) is 17.4. The normalized spacial score (nSPS) is 10.5. The summed E-state index contributed by atoms with van der Waals surface area (Å²) in [5.74, 6) is -0.230. The summed E-state index contributed by atoms with van der Waals surface area (Å²) in [6.07, 6.45) is 1.37. The van der Waals surface area contributed by atoms with Crippen LogP contribution in [0.15, 0.2) is 17.2 Å². The third-order valence-corrected chi connectivity index (χ3v) is 2.69. The second-order valence-electron chi connectivity index (χ2n) is 4.79. The van der Waals surface area contributed by atoms with E-state index in [9.17, 15) is 9.59 Å². The Hall–Kier alpha value is -2.77. The van der Waals surface area contributed by atoms with Gasteiger partial charge >= 0.3 is 11.8 Å². The van der Waals surface area contributed by atoms with E-state index in [1.807, 2.05) is 0 Å². The van der Waals surface area contributed by atoms with Gasteiger partial charge in [-0.05, 0) is 26.0 Å². The van der Waals surface area contributed by atoms with Crippen LogP contribution in [0.25, 0.3) is 0 Å². The van der Waals surface area contributed by atoms with Crippen LogP contribution in [0.2, 0.25) is 0 Å². The number of benzene rings is 1. The summed E-state index contributed by atoms with van der Waals surface area (Å²) in [4.78, 5) is 22.9. The highest BCUT2D eigenvalue weighted by Crippen LogP contribution is 2.37. The number of hydrogen-bond donors (Lipinski definition) is 2. The standard InChI is InChI=1S/C15H21N3O5/c1-9(2)17-14(19)15(20)18-16-8-10-6-11(21-3)13(23-5)12(7-10)22-4/h6-9H,1-5H3,(H,17,19)(H,18,20). The molecule has 0 atom stereocenters. The van der Waals surface area contributed by atoms with Gasteiger partial charge in [-0.15, -0.1) is 0 Å². The van der Waals surface area contributed by atoms with Gasteiger partial charge in [0.2, 0.25) is 5.75 Å². The molecule has 0 aliphatic carbocycles. The maximum atomic E-state index is 11.5. The highest BCUT2D eigenvalue weighted by Gasteiger charge is 2.14. The highest BCUT2D eigenvalue weighted by molar-refractivity contribution is 6.35. The molecule has 0 spiro atoms. The third kappa shape index (κ3) is 5.17. The van der Waals surface area contributed by atoms with Crippen LogP contribution in [0.4, 0.5) is 0 Å². The molecule has 0 radical (unpaired) electrons. The van der Waals surface area contributed by atoms with Crippen molar-refractivity contribution in [2.45, 2.75) is 19.9 Å². The molecular formula is C15H21N3O5. The van der Waals surface area contributed by atoms with Crippen molar-refractivity contribution in [2.24, 2.45) is 5.10 Å². The summed E-state index contributed by atoms with van der Waals surface area (Å²) in [5, 5.41) is 6.20. The second-order valence-corrected chi connectivity index (χ2v) is 4.79. The summed E-state index contributed by atoms with van der Waals surface area (Å²) in [6.45, 7) is 3.51. The molecule has 126 valence electrons. The third-order valence-electron chi connectivity index (χ3n) is 2.69. The second kappa shape index (κ2) is 8.62. The van der Waals surface area contributed by atoms with E-state index < -0.39 is 11.8 Å². The lowest BCUT2D eigenvalue weighted by atomic mass is 10.2. The molecule has 8 heteroatoms. The predicted molar refractivity (Wildman–Crippen MR) is 85.1 cm³/mol. The fraction of sp³-hybridized carbons (Fsp3) is 0.400. The minimum absolute atomic E-state index is 0.132. The number of amides is 2. The Kier molecular flexibility index (Phi) is 6.85. The van der Waals surface area contributed by atoms with Gasteiger partial charge < -0.3 is 19.5 Å². The molecule has 0 aliphatic heterocycles. The Morgan fingerprint density at radius 3 is 2.04 bits per heavy atom. The van der Waals surface area contributed by atoms with E-state index in [0.29, 0.717) is 22.8 Å². The number of hydrogen-bond acceptors (Lipinski definition) is 6. The first-order valence-electron chi connectivity index (χ1n) is 6.86. The van der Waals surface area contributed by atoms with Gasteiger partial charge in [0, 0.05) is 11.6 Å². The van der Waals surface area contributed by atoms with Crippen LogP contribution >= 0.6 is 0 Å². The molecule has 0 saturated carbocycles. The number of carbonyl (C=O) groups excluding carboxylic acids is 2. The van der Waals surface area contributed by atoms with Crippen LogP contribution in [0.3, 0.4) is 0 Å². The number of hydrazone groups is 1. The van der Waals surface area contributed by atoms with Crippen molar-refractivity contribution in [3.63, 3.8) is 0 Å². The van der Waals surface area contributed by atoms with Crippen LogP contribution in [0, 0.1) is 0 Å². The van der Waals surface area contributed by atoms with Crippen molar-refractivity contribution >= 4 is 18.0 Å². The van der Waals surface area contributed by atoms with Crippen molar-refractivity contribution in [3.8, 4) is 17.2 Å². The van der Waals surface area contributed by atoms with Crippen LogP contribution in [-0.2, 0) is 9.59 Å². The first-order valence-corrected chi connectivity index (χ1v) is 6.86. The molecule has 0 saturated heterocycles. The van der Waals surface area contributed by atoms with Gasteiger partial charge in [-0.25, -0.2) is 5.43 Å². The van der Waals surface area contributed by atoms with Crippen molar-refractivity contribution in [3.05, 3.63) is 17.7 Å². The molecule has 0 unspecified atom stereocenters. The largest absolute Gasteiger partial charge is 0.493 e. The Morgan fingerprint density at radius 2 is 1.61 bits per heavy atom. The van der Waals surface area contributed by atoms with E-state index in [4.69, 9.17) is 14.2 Å². The number of nitrogens with zero attached hydrogens (tertiary/aromatic N) is 1. The maximum absolute atomic E-state index is 11.5.